The van der Waals surface area contributed by atoms with Crippen molar-refractivity contribution in [2.75, 3.05) is 19.0 Å². The van der Waals surface area contributed by atoms with Crippen LogP contribution < -0.4 is 10.1 Å². The lowest BCUT2D eigenvalue weighted by Crippen LogP contribution is -2.34. The number of nitrogens with one attached hydrogen (secondary N) is 1. The third-order valence-electron chi connectivity index (χ3n) is 4.42. The number of carbonyl (C=O) groups is 1. The highest BCUT2D eigenvalue weighted by atomic mass is 79.9. The van der Waals surface area contributed by atoms with Crippen molar-refractivity contribution in [2.45, 2.75) is 25.8 Å². The first-order valence-electron chi connectivity index (χ1n) is 8.06. The lowest BCUT2D eigenvalue weighted by molar-refractivity contribution is 0.207. The molecule has 0 saturated carbocycles. The number of benzene rings is 2. The minimum atomic E-state index is -0.0463. The molecule has 0 bridgehead atoms. The summed E-state index contributed by atoms with van der Waals surface area (Å²) in [5.74, 6) is 0.832. The predicted molar refractivity (Wildman–Crippen MR) is 99.6 cm³/mol. The van der Waals surface area contributed by atoms with Gasteiger partial charge >= 0.3 is 6.03 Å². The molecule has 3 rings (SSSR count). The summed E-state index contributed by atoms with van der Waals surface area (Å²) in [4.78, 5) is 14.6. The highest BCUT2D eigenvalue weighted by molar-refractivity contribution is 9.10. The molecular weight excluding hydrogens is 368 g/mol. The zero-order valence-corrected chi connectivity index (χ0v) is 15.5. The van der Waals surface area contributed by atoms with Gasteiger partial charge in [-0.3, -0.25) is 0 Å². The van der Waals surface area contributed by atoms with E-state index in [1.165, 1.54) is 0 Å². The molecule has 2 aromatic rings. The van der Waals surface area contributed by atoms with Crippen LogP contribution in [0.5, 0.6) is 5.75 Å². The van der Waals surface area contributed by atoms with Gasteiger partial charge in [-0.1, -0.05) is 28.1 Å². The molecule has 2 amide bonds. The number of carbonyl (C=O) groups excluding carboxylic acids is 1. The summed E-state index contributed by atoms with van der Waals surface area (Å²) in [5, 5.41) is 3.02. The Kier molecular flexibility index (Phi) is 5.09. The van der Waals surface area contributed by atoms with Crippen LogP contribution in [0.4, 0.5) is 10.5 Å². The number of halogens is 1. The van der Waals surface area contributed by atoms with Gasteiger partial charge in [0.05, 0.1) is 13.2 Å². The largest absolute Gasteiger partial charge is 0.497 e. The predicted octanol–water partition coefficient (Wildman–Crippen LogP) is 5.14. The Labute approximate surface area is 150 Å². The van der Waals surface area contributed by atoms with E-state index in [1.807, 2.05) is 54.3 Å². The van der Waals surface area contributed by atoms with Gasteiger partial charge in [0.2, 0.25) is 0 Å². The van der Waals surface area contributed by atoms with Crippen molar-refractivity contribution in [2.24, 2.45) is 0 Å². The monoisotopic (exact) mass is 388 g/mol. The second-order valence-electron chi connectivity index (χ2n) is 6.02. The lowest BCUT2D eigenvalue weighted by atomic mass is 10.0. The van der Waals surface area contributed by atoms with E-state index in [1.54, 1.807) is 7.11 Å². The molecule has 0 aliphatic carbocycles. The van der Waals surface area contributed by atoms with E-state index in [0.717, 1.165) is 46.4 Å². The Hall–Kier alpha value is -2.01. The topological polar surface area (TPSA) is 41.6 Å². The van der Waals surface area contributed by atoms with Gasteiger partial charge in [-0.15, -0.1) is 0 Å². The van der Waals surface area contributed by atoms with E-state index < -0.39 is 0 Å². The van der Waals surface area contributed by atoms with E-state index in [0.29, 0.717) is 0 Å². The molecule has 5 heteroatoms. The molecule has 0 radical (unpaired) electrons. The normalized spacial score (nSPS) is 17.0. The Morgan fingerprint density at radius 2 is 2.00 bits per heavy atom. The maximum Gasteiger partial charge on any atom is 0.322 e. The summed E-state index contributed by atoms with van der Waals surface area (Å²) in [5.41, 5.74) is 3.07. The molecule has 1 heterocycles. The van der Waals surface area contributed by atoms with Crippen LogP contribution in [0.25, 0.3) is 0 Å². The average Bonchev–Trinajstić information content (AvgIpc) is 3.08. The summed E-state index contributed by atoms with van der Waals surface area (Å²) in [6.07, 6.45) is 2.00. The van der Waals surface area contributed by atoms with Gasteiger partial charge in [0.25, 0.3) is 0 Å². The number of ether oxygens (including phenoxy) is 1. The van der Waals surface area contributed by atoms with Gasteiger partial charge in [0, 0.05) is 16.7 Å². The van der Waals surface area contributed by atoms with E-state index in [4.69, 9.17) is 4.74 Å². The van der Waals surface area contributed by atoms with E-state index in [-0.39, 0.29) is 12.1 Å². The second-order valence-corrected chi connectivity index (χ2v) is 6.87. The summed E-state index contributed by atoms with van der Waals surface area (Å²) in [6.45, 7) is 2.79. The number of urea groups is 1. The molecule has 1 saturated heterocycles. The number of nitrogens with zero attached hydrogens (tertiary/aromatic N) is 1. The first-order valence-corrected chi connectivity index (χ1v) is 8.85. The van der Waals surface area contributed by atoms with Crippen molar-refractivity contribution >= 4 is 27.6 Å². The highest BCUT2D eigenvalue weighted by Gasteiger charge is 2.30. The van der Waals surface area contributed by atoms with Crippen molar-refractivity contribution in [3.63, 3.8) is 0 Å². The third-order valence-corrected chi connectivity index (χ3v) is 5.31. The molecule has 1 N–H and O–H groups in total. The summed E-state index contributed by atoms with van der Waals surface area (Å²) in [7, 11) is 1.66. The number of rotatable bonds is 3. The van der Waals surface area contributed by atoms with Crippen LogP contribution in [-0.4, -0.2) is 24.6 Å². The fourth-order valence-electron chi connectivity index (χ4n) is 3.10. The number of hydrogen-bond acceptors (Lipinski definition) is 2. The molecule has 1 atom stereocenters. The van der Waals surface area contributed by atoms with Crippen LogP contribution in [0, 0.1) is 6.92 Å². The van der Waals surface area contributed by atoms with Crippen molar-refractivity contribution in [3.8, 4) is 5.75 Å². The van der Waals surface area contributed by atoms with Gasteiger partial charge in [-0.05, 0) is 61.2 Å². The number of aryl methyl sites for hydroxylation is 1. The van der Waals surface area contributed by atoms with E-state index >= 15 is 0 Å². The fraction of sp³-hybridized carbons (Fsp3) is 0.316. The maximum absolute atomic E-state index is 12.7. The molecule has 4 nitrogen and oxygen atoms in total. The SMILES string of the molecule is COc1ccc(C2CCCN2C(=O)Nc2ccc(Br)c(C)c2)cc1. The van der Waals surface area contributed by atoms with Crippen molar-refractivity contribution in [1.29, 1.82) is 0 Å². The van der Waals surface area contributed by atoms with E-state index in [2.05, 4.69) is 21.2 Å². The number of hydrogen-bond donors (Lipinski definition) is 1. The Balaban J connectivity index is 1.74. The number of methoxy groups -OCH3 is 1. The Bertz CT molecular complexity index is 731. The standard InChI is InChI=1S/C19H21BrN2O2/c1-13-12-15(7-10-17(13)20)21-19(23)22-11-3-4-18(22)14-5-8-16(24-2)9-6-14/h5-10,12,18H,3-4,11H2,1-2H3,(H,21,23). The number of likely N-dealkylation sites (tertiary alicyclic amines) is 1. The van der Waals surface area contributed by atoms with Gasteiger partial charge in [0.15, 0.2) is 0 Å². The maximum atomic E-state index is 12.7. The summed E-state index contributed by atoms with van der Waals surface area (Å²) < 4.78 is 6.25. The molecule has 1 aliphatic heterocycles. The van der Waals surface area contributed by atoms with Crippen molar-refractivity contribution < 1.29 is 9.53 Å². The van der Waals surface area contributed by atoms with Gasteiger partial charge in [0.1, 0.15) is 5.75 Å². The zero-order valence-electron chi connectivity index (χ0n) is 13.9. The fourth-order valence-corrected chi connectivity index (χ4v) is 3.35. The number of anilines is 1. The molecule has 1 aliphatic rings. The van der Waals surface area contributed by atoms with Crippen LogP contribution in [0.15, 0.2) is 46.9 Å². The summed E-state index contributed by atoms with van der Waals surface area (Å²) in [6, 6.07) is 13.9. The lowest BCUT2D eigenvalue weighted by Gasteiger charge is -2.25. The van der Waals surface area contributed by atoms with Gasteiger partial charge < -0.3 is 15.0 Å². The second kappa shape index (κ2) is 7.26. The van der Waals surface area contributed by atoms with Gasteiger partial charge in [-0.2, -0.15) is 0 Å². The van der Waals surface area contributed by atoms with Crippen LogP contribution in [0.2, 0.25) is 0 Å². The molecule has 0 spiro atoms. The Morgan fingerprint density at radius 3 is 2.67 bits per heavy atom. The van der Waals surface area contributed by atoms with Crippen LogP contribution >= 0.6 is 15.9 Å². The smallest absolute Gasteiger partial charge is 0.322 e. The molecular formula is C19H21BrN2O2. The van der Waals surface area contributed by atoms with Crippen LogP contribution in [0.3, 0.4) is 0 Å². The average molecular weight is 389 g/mol. The van der Waals surface area contributed by atoms with Crippen molar-refractivity contribution in [1.82, 2.24) is 4.90 Å². The molecule has 126 valence electrons. The third kappa shape index (κ3) is 3.56. The summed E-state index contributed by atoms with van der Waals surface area (Å²) >= 11 is 3.48. The minimum Gasteiger partial charge on any atom is -0.497 e. The quantitative estimate of drug-likeness (QED) is 0.790. The molecule has 1 fully saturated rings. The van der Waals surface area contributed by atoms with E-state index in [9.17, 15) is 4.79 Å². The molecule has 1 unspecified atom stereocenters. The van der Waals surface area contributed by atoms with Crippen LogP contribution in [0.1, 0.15) is 30.0 Å². The molecule has 24 heavy (non-hydrogen) atoms. The minimum absolute atomic E-state index is 0.0463. The molecule has 0 aromatic heterocycles. The number of amides is 2. The molecule has 2 aromatic carbocycles. The van der Waals surface area contributed by atoms with Crippen molar-refractivity contribution in [3.05, 3.63) is 58.1 Å². The first kappa shape index (κ1) is 16.8. The van der Waals surface area contributed by atoms with Crippen LogP contribution in [-0.2, 0) is 0 Å². The Morgan fingerprint density at radius 1 is 1.25 bits per heavy atom. The first-order chi connectivity index (χ1) is 11.6. The highest BCUT2D eigenvalue weighted by Crippen LogP contribution is 2.33. The van der Waals surface area contributed by atoms with Gasteiger partial charge in [-0.25, -0.2) is 4.79 Å². The zero-order chi connectivity index (χ0) is 17.1.